The molecule has 0 amide bonds. The first kappa shape index (κ1) is 74.0. The van der Waals surface area contributed by atoms with Crippen LogP contribution in [-0.2, 0) is 51.3 Å². The maximum Gasteiger partial charge on any atom is 0.339 e. The number of aliphatic carboxylic acids is 1. The lowest BCUT2D eigenvalue weighted by Gasteiger charge is -2.32. The Morgan fingerprint density at radius 2 is 0.898 bits per heavy atom. The van der Waals surface area contributed by atoms with Crippen molar-refractivity contribution in [3.05, 3.63) is 173 Å². The topological polar surface area (TPSA) is 255 Å². The third-order valence-electron chi connectivity index (χ3n) is 16.8. The summed E-state index contributed by atoms with van der Waals surface area (Å²) in [6.45, 7) is 41.0. The summed E-state index contributed by atoms with van der Waals surface area (Å²) in [5, 5.41) is 31.3. The van der Waals surface area contributed by atoms with Gasteiger partial charge in [0, 0.05) is 32.7 Å². The minimum Gasteiger partial charge on any atom is -0.485 e. The van der Waals surface area contributed by atoms with Crippen LogP contribution < -0.4 is 14.2 Å². The predicted octanol–water partition coefficient (Wildman–Crippen LogP) is 16.7. The van der Waals surface area contributed by atoms with Crippen LogP contribution in [-0.4, -0.2) is 90.6 Å². The molecule has 8 aromatic rings. The van der Waals surface area contributed by atoms with Gasteiger partial charge in [0.25, 0.3) is 0 Å². The van der Waals surface area contributed by atoms with E-state index in [0.29, 0.717) is 52.7 Å². The molecule has 2 aromatic heterocycles. The van der Waals surface area contributed by atoms with Crippen LogP contribution in [0, 0.1) is 88.0 Å². The van der Waals surface area contributed by atoms with E-state index >= 15 is 0 Å². The van der Waals surface area contributed by atoms with Crippen molar-refractivity contribution in [1.29, 1.82) is 0 Å². The molecule has 516 valence electrons. The number of nitrogens with zero attached hydrogens (tertiary/aromatic N) is 9. The molecule has 21 nitrogen and oxygen atoms in total. The second kappa shape index (κ2) is 29.9. The lowest BCUT2D eigenvalue weighted by Crippen LogP contribution is -2.30. The van der Waals surface area contributed by atoms with E-state index < -0.39 is 53.0 Å². The highest BCUT2D eigenvalue weighted by molar-refractivity contribution is 5.90. The number of aromatic nitrogens is 6. The first-order valence-electron chi connectivity index (χ1n) is 32.4. The average Bonchev–Trinajstić information content (AvgIpc) is 1.19. The molecule has 10 rings (SSSR count). The summed E-state index contributed by atoms with van der Waals surface area (Å²) in [5.74, 6) is 5.49. The highest BCUT2D eigenvalue weighted by Gasteiger charge is 2.40. The summed E-state index contributed by atoms with van der Waals surface area (Å²) in [7, 11) is 2.71. The molecule has 4 heterocycles. The molecule has 6 aromatic carbocycles. The number of hydrogen-bond donors (Lipinski definition) is 1. The highest BCUT2D eigenvalue weighted by Crippen LogP contribution is 2.51. The molecule has 21 heteroatoms. The van der Waals surface area contributed by atoms with Crippen molar-refractivity contribution in [3.8, 4) is 73.8 Å². The molecule has 0 radical (unpaired) electrons. The standard InChI is InChI=1S/2C26H31N3O4.C25H29N3O4/c1-14-9-11-18(12-10-14)20-16(3)23-22(29-19(13-32-23)17(4)27-28-29)15(2)21(20)24(25(30)31-8)33-26(5,6)7;1-9-10-15-32-23-18(4)20(19-13-11-16(2)12-14-19)21(17(3)22(23)28-29-27)24(25(30)31-8)33-26(5,6)7;1-13-8-10-17(11-9-13)19-15(3)22-21(28-18(12-31-22)16(4)26-27-28)14(2)20(19)23(24(29)30)32-25(5,6)7/h9-12,24H,13H2,1-8H3;11-14,24H,15H2,1-8H3;8-11,23H,12H2,1-7H3,(H,29,30)/t2*24-;23-/m000/s1. The van der Waals surface area contributed by atoms with Crippen LogP contribution in [0.3, 0.4) is 0 Å². The predicted molar refractivity (Wildman–Crippen MR) is 376 cm³/mol. The first-order valence-corrected chi connectivity index (χ1v) is 32.4. The smallest absolute Gasteiger partial charge is 0.339 e. The van der Waals surface area contributed by atoms with Crippen molar-refractivity contribution in [2.45, 2.75) is 194 Å². The van der Waals surface area contributed by atoms with Crippen LogP contribution in [0.15, 0.2) is 77.9 Å². The van der Waals surface area contributed by atoms with Gasteiger partial charge < -0.3 is 43.0 Å². The number of carbonyl (C=O) groups excluding carboxylic acids is 2. The number of esters is 2. The average molecular weight is 1330 g/mol. The maximum absolute atomic E-state index is 13.1. The van der Waals surface area contributed by atoms with Gasteiger partial charge in [-0.3, -0.25) is 0 Å². The molecular weight excluding hydrogens is 1240 g/mol. The third-order valence-corrected chi connectivity index (χ3v) is 16.8. The highest BCUT2D eigenvalue weighted by atomic mass is 16.6. The van der Waals surface area contributed by atoms with Crippen molar-refractivity contribution < 1.29 is 57.4 Å². The van der Waals surface area contributed by atoms with Gasteiger partial charge in [0.2, 0.25) is 0 Å². The molecule has 0 unspecified atom stereocenters. The SMILES string of the molecule is CC#CCOc1c(C)c(-c2ccc(C)cc2)c([C@H](OC(C)(C)C)C(=O)OC)c(C)c1N=[N+]=[N-].COC(=O)[C@@H](OC(C)(C)C)c1c(C)c2c(c(C)c1-c1ccc(C)cc1)OCc1c(C)nnn1-2.Cc1ccc(-c2c(C)c3c(c(C)c2[C@H](OC(C)(C)C)C(=O)O)-n2nnc(C)c2CO3)cc1. The summed E-state index contributed by atoms with van der Waals surface area (Å²) >= 11 is 0. The number of azide groups is 1. The summed E-state index contributed by atoms with van der Waals surface area (Å²) < 4.78 is 50.9. The molecule has 0 saturated carbocycles. The van der Waals surface area contributed by atoms with E-state index in [1.54, 1.807) is 18.5 Å². The number of aryl methyl sites for hydroxylation is 5. The summed E-state index contributed by atoms with van der Waals surface area (Å²) in [4.78, 5) is 41.6. The van der Waals surface area contributed by atoms with Crippen LogP contribution in [0.2, 0.25) is 0 Å². The zero-order valence-electron chi connectivity index (χ0n) is 60.7. The number of ether oxygens (including phenoxy) is 8. The number of carboxylic acid groups (broad SMARTS) is 1. The fourth-order valence-electron chi connectivity index (χ4n) is 12.3. The zero-order valence-corrected chi connectivity index (χ0v) is 60.7. The molecular formula is C77H91N9O12. The molecule has 2 aliphatic rings. The largest absolute Gasteiger partial charge is 0.485 e. The van der Waals surface area contributed by atoms with E-state index in [1.807, 2.05) is 185 Å². The van der Waals surface area contributed by atoms with Crippen molar-refractivity contribution in [2.75, 3.05) is 20.8 Å². The van der Waals surface area contributed by atoms with Crippen molar-refractivity contribution in [3.63, 3.8) is 0 Å². The normalized spacial score (nSPS) is 13.1. The Bertz CT molecular complexity index is 4450. The van der Waals surface area contributed by atoms with E-state index in [1.165, 1.54) is 14.2 Å². The number of rotatable bonds is 15. The van der Waals surface area contributed by atoms with Crippen LogP contribution in [0.4, 0.5) is 5.69 Å². The number of hydrogen-bond acceptors (Lipinski definition) is 16. The third kappa shape index (κ3) is 15.8. The number of fused-ring (bicyclic) bond motifs is 6. The van der Waals surface area contributed by atoms with E-state index in [9.17, 15) is 25.0 Å². The van der Waals surface area contributed by atoms with Gasteiger partial charge in [-0.1, -0.05) is 111 Å². The van der Waals surface area contributed by atoms with Gasteiger partial charge in [0.1, 0.15) is 59.8 Å². The van der Waals surface area contributed by atoms with Crippen molar-refractivity contribution in [1.82, 2.24) is 30.0 Å². The molecule has 3 atom stereocenters. The van der Waals surface area contributed by atoms with Gasteiger partial charge in [0.15, 0.2) is 18.3 Å². The zero-order chi connectivity index (χ0) is 72.2. The van der Waals surface area contributed by atoms with Crippen LogP contribution in [0.1, 0.15) is 177 Å². The molecule has 0 spiro atoms. The van der Waals surface area contributed by atoms with Gasteiger partial charge in [-0.05, 0) is 207 Å². The number of carbonyl (C=O) groups is 3. The van der Waals surface area contributed by atoms with Gasteiger partial charge in [-0.15, -0.1) is 16.1 Å². The second-order valence-electron chi connectivity index (χ2n) is 27.5. The van der Waals surface area contributed by atoms with Crippen molar-refractivity contribution >= 4 is 23.6 Å². The molecule has 98 heavy (non-hydrogen) atoms. The molecule has 0 aliphatic carbocycles. The van der Waals surface area contributed by atoms with E-state index in [4.69, 9.17) is 37.9 Å². The molecule has 2 aliphatic heterocycles. The Labute approximate surface area is 574 Å². The Balaban J connectivity index is 0.000000188. The summed E-state index contributed by atoms with van der Waals surface area (Å²) in [6.07, 6.45) is -3.13. The Kier molecular flexibility index (Phi) is 22.5. The molecule has 0 saturated heterocycles. The van der Waals surface area contributed by atoms with E-state index in [2.05, 4.69) is 66.8 Å². The lowest BCUT2D eigenvalue weighted by molar-refractivity contribution is -0.164. The first-order chi connectivity index (χ1) is 46.1. The molecule has 0 fully saturated rings. The summed E-state index contributed by atoms with van der Waals surface area (Å²) in [5.41, 5.74) is 27.8. The minimum atomic E-state index is -1.16. The Hall–Kier alpha value is -9.84. The quantitative estimate of drug-likeness (QED) is 0.0329. The van der Waals surface area contributed by atoms with Crippen LogP contribution >= 0.6 is 0 Å². The second-order valence-corrected chi connectivity index (χ2v) is 27.5. The lowest BCUT2D eigenvalue weighted by atomic mass is 9.86. The molecule has 1 N–H and O–H groups in total. The number of carboxylic acids is 1. The monoisotopic (exact) mass is 1330 g/mol. The Morgan fingerprint density at radius 3 is 1.23 bits per heavy atom. The van der Waals surface area contributed by atoms with Gasteiger partial charge >= 0.3 is 17.9 Å². The van der Waals surface area contributed by atoms with Gasteiger partial charge in [-0.2, -0.15) is 0 Å². The summed E-state index contributed by atoms with van der Waals surface area (Å²) in [6, 6.07) is 24.3. The van der Waals surface area contributed by atoms with Gasteiger partial charge in [-0.25, -0.2) is 23.7 Å². The van der Waals surface area contributed by atoms with Crippen molar-refractivity contribution in [2.24, 2.45) is 5.11 Å². The number of benzene rings is 6. The fourth-order valence-corrected chi connectivity index (χ4v) is 12.3. The Morgan fingerprint density at radius 1 is 0.551 bits per heavy atom. The fraction of sp³-hybridized carbons (Fsp3) is 0.416. The van der Waals surface area contributed by atoms with Crippen LogP contribution in [0.25, 0.3) is 55.2 Å². The minimum absolute atomic E-state index is 0.135. The van der Waals surface area contributed by atoms with E-state index in [-0.39, 0.29) is 6.61 Å². The van der Waals surface area contributed by atoms with Crippen LogP contribution in [0.5, 0.6) is 17.2 Å². The van der Waals surface area contributed by atoms with E-state index in [0.717, 1.165) is 118 Å². The number of methoxy groups -OCH3 is 2. The van der Waals surface area contributed by atoms with Gasteiger partial charge in [0.05, 0.1) is 48.1 Å². The molecule has 0 bridgehead atoms. The maximum atomic E-state index is 13.1.